The summed E-state index contributed by atoms with van der Waals surface area (Å²) in [6, 6.07) is 6.33. The Kier molecular flexibility index (Phi) is 2.95. The summed E-state index contributed by atoms with van der Waals surface area (Å²) < 4.78 is 12.9. The van der Waals surface area contributed by atoms with Crippen molar-refractivity contribution in [3.05, 3.63) is 47.4 Å². The number of aromatic nitrogens is 1. The maximum absolute atomic E-state index is 12.9. The van der Waals surface area contributed by atoms with Crippen LogP contribution in [0.15, 0.2) is 30.5 Å². The number of hydrogen-bond acceptors (Lipinski definition) is 3. The van der Waals surface area contributed by atoms with Crippen LogP contribution in [0.5, 0.6) is 0 Å². The molecule has 1 aromatic carbocycles. The van der Waals surface area contributed by atoms with Gasteiger partial charge in [-0.2, -0.15) is 0 Å². The van der Waals surface area contributed by atoms with Crippen LogP contribution in [-0.4, -0.2) is 4.98 Å². The molecule has 0 atom stereocenters. The van der Waals surface area contributed by atoms with E-state index in [4.69, 9.17) is 5.73 Å². The van der Waals surface area contributed by atoms with Gasteiger partial charge in [0.2, 0.25) is 0 Å². The molecule has 4 heteroatoms. The molecule has 2 rings (SSSR count). The fourth-order valence-corrected chi connectivity index (χ4v) is 1.51. The normalized spacial score (nSPS) is 10.3. The van der Waals surface area contributed by atoms with Crippen molar-refractivity contribution in [2.75, 3.05) is 11.1 Å². The lowest BCUT2D eigenvalue weighted by Gasteiger charge is -2.10. The predicted octanol–water partition coefficient (Wildman–Crippen LogP) is 3.16. The fourth-order valence-electron chi connectivity index (χ4n) is 1.51. The van der Waals surface area contributed by atoms with Gasteiger partial charge in [0, 0.05) is 23.6 Å². The lowest BCUT2D eigenvalue weighted by molar-refractivity contribution is 0.627. The first-order chi connectivity index (χ1) is 8.06. The average Bonchev–Trinajstić information content (AvgIpc) is 2.27. The van der Waals surface area contributed by atoms with E-state index < -0.39 is 0 Å². The third kappa shape index (κ3) is 2.53. The number of hydrogen-bond donors (Lipinski definition) is 2. The van der Waals surface area contributed by atoms with Gasteiger partial charge in [0.15, 0.2) is 0 Å². The van der Waals surface area contributed by atoms with E-state index in [1.165, 1.54) is 12.1 Å². The number of aryl methyl sites for hydroxylation is 2. The van der Waals surface area contributed by atoms with Gasteiger partial charge in [-0.15, -0.1) is 0 Å². The van der Waals surface area contributed by atoms with Gasteiger partial charge < -0.3 is 11.1 Å². The van der Waals surface area contributed by atoms with Gasteiger partial charge in [0.1, 0.15) is 11.6 Å². The molecule has 0 aliphatic rings. The van der Waals surface area contributed by atoms with Crippen LogP contribution in [-0.2, 0) is 0 Å². The first-order valence-corrected chi connectivity index (χ1v) is 5.31. The minimum absolute atomic E-state index is 0.246. The number of benzene rings is 1. The number of nitrogens with two attached hydrogens (primary N) is 1. The minimum Gasteiger partial charge on any atom is -0.398 e. The highest BCUT2D eigenvalue weighted by Gasteiger charge is 2.02. The van der Waals surface area contributed by atoms with Crippen LogP contribution >= 0.6 is 0 Å². The van der Waals surface area contributed by atoms with Gasteiger partial charge in [-0.3, -0.25) is 0 Å². The number of nitrogens with one attached hydrogen (secondary N) is 1. The molecule has 1 heterocycles. The number of rotatable bonds is 2. The van der Waals surface area contributed by atoms with E-state index in [0.29, 0.717) is 11.5 Å². The molecule has 0 aliphatic carbocycles. The van der Waals surface area contributed by atoms with Crippen molar-refractivity contribution in [1.82, 2.24) is 4.98 Å². The van der Waals surface area contributed by atoms with Gasteiger partial charge in [-0.05, 0) is 43.2 Å². The van der Waals surface area contributed by atoms with Crippen molar-refractivity contribution in [2.45, 2.75) is 13.8 Å². The lowest BCUT2D eigenvalue weighted by atomic mass is 10.2. The average molecular weight is 231 g/mol. The van der Waals surface area contributed by atoms with Crippen LogP contribution in [0.1, 0.15) is 11.1 Å². The summed E-state index contributed by atoms with van der Waals surface area (Å²) in [5.74, 6) is 0.409. The summed E-state index contributed by atoms with van der Waals surface area (Å²) in [5.41, 5.74) is 9.06. The first kappa shape index (κ1) is 11.4. The van der Waals surface area contributed by atoms with Crippen molar-refractivity contribution >= 4 is 17.2 Å². The molecule has 1 aromatic heterocycles. The highest BCUT2D eigenvalue weighted by molar-refractivity contribution is 5.63. The van der Waals surface area contributed by atoms with Crippen molar-refractivity contribution in [1.29, 1.82) is 0 Å². The number of nitrogen functional groups attached to an aromatic ring is 1. The second-order valence-electron chi connectivity index (χ2n) is 4.01. The zero-order chi connectivity index (χ0) is 12.4. The van der Waals surface area contributed by atoms with E-state index in [9.17, 15) is 4.39 Å². The summed E-state index contributed by atoms with van der Waals surface area (Å²) in [6.45, 7) is 3.73. The number of pyridine rings is 1. The summed E-state index contributed by atoms with van der Waals surface area (Å²) in [5, 5.41) is 3.11. The van der Waals surface area contributed by atoms with Gasteiger partial charge in [-0.1, -0.05) is 0 Å². The molecule has 0 aliphatic heterocycles. The van der Waals surface area contributed by atoms with E-state index >= 15 is 0 Å². The molecule has 3 N–H and O–H groups in total. The molecule has 0 saturated heterocycles. The SMILES string of the molecule is Cc1cnc(Nc2ccc(F)cc2C)cc1N. The van der Waals surface area contributed by atoms with Crippen molar-refractivity contribution in [3.63, 3.8) is 0 Å². The minimum atomic E-state index is -0.246. The van der Waals surface area contributed by atoms with Gasteiger partial charge >= 0.3 is 0 Å². The Balaban J connectivity index is 2.28. The first-order valence-electron chi connectivity index (χ1n) is 5.31. The molecule has 2 aromatic rings. The van der Waals surface area contributed by atoms with E-state index in [-0.39, 0.29) is 5.82 Å². The Morgan fingerprint density at radius 2 is 1.94 bits per heavy atom. The molecule has 0 spiro atoms. The second-order valence-corrected chi connectivity index (χ2v) is 4.01. The highest BCUT2D eigenvalue weighted by Crippen LogP contribution is 2.22. The summed E-state index contributed by atoms with van der Waals surface area (Å²) in [6.07, 6.45) is 1.70. The van der Waals surface area contributed by atoms with Crippen LogP contribution < -0.4 is 11.1 Å². The molecular weight excluding hydrogens is 217 g/mol. The maximum atomic E-state index is 12.9. The van der Waals surface area contributed by atoms with Crippen LogP contribution in [0.25, 0.3) is 0 Å². The van der Waals surface area contributed by atoms with E-state index in [0.717, 1.165) is 16.8 Å². The zero-order valence-electron chi connectivity index (χ0n) is 9.79. The predicted molar refractivity (Wildman–Crippen MR) is 67.8 cm³/mol. The van der Waals surface area contributed by atoms with E-state index in [1.807, 2.05) is 13.8 Å². The molecule has 0 radical (unpaired) electrons. The Morgan fingerprint density at radius 3 is 2.59 bits per heavy atom. The molecule has 0 amide bonds. The molecular formula is C13H14FN3. The Hall–Kier alpha value is -2.10. The third-order valence-corrected chi connectivity index (χ3v) is 2.60. The topological polar surface area (TPSA) is 50.9 Å². The Morgan fingerprint density at radius 1 is 1.18 bits per heavy atom. The fraction of sp³-hybridized carbons (Fsp3) is 0.154. The molecule has 0 unspecified atom stereocenters. The number of halogens is 1. The summed E-state index contributed by atoms with van der Waals surface area (Å²) >= 11 is 0. The van der Waals surface area contributed by atoms with Crippen molar-refractivity contribution in [2.24, 2.45) is 0 Å². The van der Waals surface area contributed by atoms with Crippen LogP contribution in [0, 0.1) is 19.7 Å². The molecule has 88 valence electrons. The Bertz CT molecular complexity index is 552. The smallest absolute Gasteiger partial charge is 0.132 e. The highest BCUT2D eigenvalue weighted by atomic mass is 19.1. The Labute approximate surface area is 99.5 Å². The molecule has 3 nitrogen and oxygen atoms in total. The largest absolute Gasteiger partial charge is 0.398 e. The molecule has 0 bridgehead atoms. The number of nitrogens with zero attached hydrogens (tertiary/aromatic N) is 1. The lowest BCUT2D eigenvalue weighted by Crippen LogP contribution is -1.99. The van der Waals surface area contributed by atoms with Crippen molar-refractivity contribution in [3.8, 4) is 0 Å². The summed E-state index contributed by atoms with van der Waals surface area (Å²) in [7, 11) is 0. The summed E-state index contributed by atoms with van der Waals surface area (Å²) in [4.78, 5) is 4.21. The monoisotopic (exact) mass is 231 g/mol. The molecule has 17 heavy (non-hydrogen) atoms. The van der Waals surface area contributed by atoms with Gasteiger partial charge in [0.25, 0.3) is 0 Å². The van der Waals surface area contributed by atoms with Crippen LogP contribution in [0.3, 0.4) is 0 Å². The second kappa shape index (κ2) is 4.41. The number of anilines is 3. The quantitative estimate of drug-likeness (QED) is 0.834. The maximum Gasteiger partial charge on any atom is 0.132 e. The van der Waals surface area contributed by atoms with Crippen molar-refractivity contribution < 1.29 is 4.39 Å². The van der Waals surface area contributed by atoms with Crippen LogP contribution in [0.2, 0.25) is 0 Å². The molecule has 0 saturated carbocycles. The molecule has 0 fully saturated rings. The third-order valence-electron chi connectivity index (χ3n) is 2.60. The zero-order valence-corrected chi connectivity index (χ0v) is 9.79. The van der Waals surface area contributed by atoms with E-state index in [1.54, 1.807) is 18.3 Å². The van der Waals surface area contributed by atoms with Gasteiger partial charge in [0.05, 0.1) is 0 Å². The standard InChI is InChI=1S/C13H14FN3/c1-8-5-10(14)3-4-12(8)17-13-6-11(15)9(2)7-16-13/h3-7H,1-2H3,(H3,15,16,17). The van der Waals surface area contributed by atoms with Gasteiger partial charge in [-0.25, -0.2) is 9.37 Å². The van der Waals surface area contributed by atoms with E-state index in [2.05, 4.69) is 10.3 Å². The van der Waals surface area contributed by atoms with Crippen LogP contribution in [0.4, 0.5) is 21.6 Å².